The molecule has 7 heteroatoms. The second-order valence-electron chi connectivity index (χ2n) is 6.42. The highest BCUT2D eigenvalue weighted by atomic mass is 127. The van der Waals surface area contributed by atoms with Gasteiger partial charge in [0.1, 0.15) is 0 Å². The summed E-state index contributed by atoms with van der Waals surface area (Å²) in [6, 6.07) is 12.2. The van der Waals surface area contributed by atoms with Gasteiger partial charge in [0.05, 0.1) is 6.54 Å². The zero-order valence-electron chi connectivity index (χ0n) is 16.9. The average Bonchev–Trinajstić information content (AvgIpc) is 3.17. The molecule has 2 N–H and O–H groups in total. The zero-order chi connectivity index (χ0) is 19.5. The highest BCUT2D eigenvalue weighted by molar-refractivity contribution is 14.0. The lowest BCUT2D eigenvalue weighted by Crippen LogP contribution is -2.39. The van der Waals surface area contributed by atoms with Crippen molar-refractivity contribution in [2.24, 2.45) is 4.99 Å². The molecule has 2 aromatic rings. The predicted molar refractivity (Wildman–Crippen MR) is 131 cm³/mol. The smallest absolute Gasteiger partial charge is 0.224 e. The van der Waals surface area contributed by atoms with E-state index in [4.69, 9.17) is 4.99 Å². The van der Waals surface area contributed by atoms with E-state index in [0.717, 1.165) is 43.1 Å². The molecule has 0 spiro atoms. The van der Waals surface area contributed by atoms with Crippen molar-refractivity contribution >= 4 is 52.9 Å². The molecule has 0 aliphatic carbocycles. The second-order valence-corrected chi connectivity index (χ2v) is 7.45. The van der Waals surface area contributed by atoms with Crippen LogP contribution in [0.4, 0.5) is 5.69 Å². The van der Waals surface area contributed by atoms with Crippen molar-refractivity contribution in [1.29, 1.82) is 0 Å². The number of benzene rings is 1. The number of thiophene rings is 1. The summed E-state index contributed by atoms with van der Waals surface area (Å²) in [5.41, 5.74) is 1.91. The molecule has 1 heterocycles. The van der Waals surface area contributed by atoms with E-state index in [2.05, 4.69) is 47.0 Å². The van der Waals surface area contributed by atoms with E-state index in [1.165, 1.54) is 4.88 Å². The quantitative estimate of drug-likeness (QED) is 0.289. The first-order valence-electron chi connectivity index (χ1n) is 9.53. The number of guanidine groups is 1. The normalized spacial score (nSPS) is 10.9. The number of nitrogens with one attached hydrogen (secondary N) is 2. The Kier molecular flexibility index (Phi) is 11.8. The van der Waals surface area contributed by atoms with Crippen molar-refractivity contribution in [2.45, 2.75) is 39.7 Å². The maximum atomic E-state index is 11.8. The summed E-state index contributed by atoms with van der Waals surface area (Å²) >= 11 is 1.79. The van der Waals surface area contributed by atoms with Gasteiger partial charge in [-0.15, -0.1) is 35.3 Å². The molecule has 0 saturated heterocycles. The molecule has 0 bridgehead atoms. The van der Waals surface area contributed by atoms with Gasteiger partial charge in [0.25, 0.3) is 0 Å². The van der Waals surface area contributed by atoms with Gasteiger partial charge in [0.2, 0.25) is 5.91 Å². The van der Waals surface area contributed by atoms with Crippen LogP contribution in [0.2, 0.25) is 0 Å². The summed E-state index contributed by atoms with van der Waals surface area (Å²) in [5.74, 6) is 0.953. The van der Waals surface area contributed by atoms with Crippen LogP contribution in [0.1, 0.15) is 37.1 Å². The van der Waals surface area contributed by atoms with Gasteiger partial charge in [-0.05, 0) is 48.9 Å². The predicted octanol–water partition coefficient (Wildman–Crippen LogP) is 4.74. The highest BCUT2D eigenvalue weighted by Crippen LogP contribution is 2.13. The number of likely N-dealkylation sites (N-methyl/N-ethyl adjacent to an activating group) is 1. The van der Waals surface area contributed by atoms with E-state index in [-0.39, 0.29) is 29.9 Å². The molecule has 1 aromatic carbocycles. The van der Waals surface area contributed by atoms with Crippen molar-refractivity contribution in [2.75, 3.05) is 25.5 Å². The molecule has 2 rings (SSSR count). The van der Waals surface area contributed by atoms with Crippen LogP contribution < -0.4 is 10.6 Å². The summed E-state index contributed by atoms with van der Waals surface area (Å²) in [6.07, 6.45) is 2.40. The Bertz CT molecular complexity index is 734. The van der Waals surface area contributed by atoms with Crippen LogP contribution in [0.3, 0.4) is 0 Å². The summed E-state index contributed by atoms with van der Waals surface area (Å²) in [4.78, 5) is 20.1. The van der Waals surface area contributed by atoms with Crippen LogP contribution in [0.5, 0.6) is 0 Å². The standard InChI is InChI=1S/C21H30N4OS.HI/c1-4-8-20(26)24-18-10-6-9-17(15-18)16-23-21(22-5-2)25(3)13-12-19-11-7-14-27-19;/h6-7,9-11,14-15H,4-5,8,12-13,16H2,1-3H3,(H,22,23)(H,24,26);1H. The molecule has 5 nitrogen and oxygen atoms in total. The number of carbonyl (C=O) groups is 1. The third kappa shape index (κ3) is 8.60. The largest absolute Gasteiger partial charge is 0.357 e. The van der Waals surface area contributed by atoms with Gasteiger partial charge in [-0.25, -0.2) is 4.99 Å². The number of hydrogen-bond donors (Lipinski definition) is 2. The minimum absolute atomic E-state index is 0. The Hall–Kier alpha value is -1.61. The van der Waals surface area contributed by atoms with Gasteiger partial charge in [-0.1, -0.05) is 25.1 Å². The summed E-state index contributed by atoms with van der Waals surface area (Å²) in [6.45, 7) is 6.40. The van der Waals surface area contributed by atoms with Crippen molar-refractivity contribution < 1.29 is 4.79 Å². The maximum Gasteiger partial charge on any atom is 0.224 e. The van der Waals surface area contributed by atoms with Gasteiger partial charge in [-0.3, -0.25) is 4.79 Å². The number of amides is 1. The number of nitrogens with zero attached hydrogens (tertiary/aromatic N) is 2. The molecule has 1 amide bonds. The number of anilines is 1. The lowest BCUT2D eigenvalue weighted by atomic mass is 10.2. The summed E-state index contributed by atoms with van der Waals surface area (Å²) in [7, 11) is 2.07. The molecule has 0 fully saturated rings. The number of carbonyl (C=O) groups excluding carboxylic acids is 1. The molecule has 0 aliphatic heterocycles. The molecule has 28 heavy (non-hydrogen) atoms. The third-order valence-corrected chi connectivity index (χ3v) is 5.01. The van der Waals surface area contributed by atoms with E-state index in [9.17, 15) is 4.79 Å². The minimum atomic E-state index is 0. The average molecular weight is 514 g/mol. The van der Waals surface area contributed by atoms with Crippen LogP contribution in [-0.4, -0.2) is 36.9 Å². The van der Waals surface area contributed by atoms with E-state index < -0.39 is 0 Å². The van der Waals surface area contributed by atoms with Gasteiger partial charge < -0.3 is 15.5 Å². The first-order valence-corrected chi connectivity index (χ1v) is 10.4. The SMILES string of the molecule is CCCC(=O)Nc1cccc(CN=C(NCC)N(C)CCc2cccs2)c1.I. The fourth-order valence-electron chi connectivity index (χ4n) is 2.67. The minimum Gasteiger partial charge on any atom is -0.357 e. The molecule has 0 unspecified atom stereocenters. The fourth-order valence-corrected chi connectivity index (χ4v) is 3.37. The molecule has 154 valence electrons. The van der Waals surface area contributed by atoms with Gasteiger partial charge in [0, 0.05) is 37.1 Å². The Morgan fingerprint density at radius 3 is 2.71 bits per heavy atom. The van der Waals surface area contributed by atoms with Gasteiger partial charge in [0.15, 0.2) is 5.96 Å². The molecule has 0 aliphatic rings. The molecule has 0 atom stereocenters. The lowest BCUT2D eigenvalue weighted by Gasteiger charge is -2.21. The topological polar surface area (TPSA) is 56.7 Å². The van der Waals surface area contributed by atoms with Gasteiger partial charge in [-0.2, -0.15) is 0 Å². The summed E-state index contributed by atoms with van der Waals surface area (Å²) < 4.78 is 0. The molecule has 0 saturated carbocycles. The Balaban J connectivity index is 0.00000392. The number of rotatable bonds is 9. The lowest BCUT2D eigenvalue weighted by molar-refractivity contribution is -0.116. The zero-order valence-corrected chi connectivity index (χ0v) is 20.1. The van der Waals surface area contributed by atoms with E-state index in [0.29, 0.717) is 13.0 Å². The molecule has 0 radical (unpaired) electrons. The first-order chi connectivity index (χ1) is 13.1. The van der Waals surface area contributed by atoms with Crippen molar-refractivity contribution in [3.63, 3.8) is 0 Å². The molecular weight excluding hydrogens is 483 g/mol. The first kappa shape index (κ1) is 24.4. The van der Waals surface area contributed by atoms with Crippen LogP contribution in [0.25, 0.3) is 0 Å². The van der Waals surface area contributed by atoms with Crippen LogP contribution >= 0.6 is 35.3 Å². The van der Waals surface area contributed by atoms with Gasteiger partial charge >= 0.3 is 0 Å². The molecule has 1 aromatic heterocycles. The maximum absolute atomic E-state index is 11.8. The third-order valence-electron chi connectivity index (χ3n) is 4.07. The van der Waals surface area contributed by atoms with Crippen molar-refractivity contribution in [3.05, 3.63) is 52.2 Å². The van der Waals surface area contributed by atoms with Crippen molar-refractivity contribution in [1.82, 2.24) is 10.2 Å². The summed E-state index contributed by atoms with van der Waals surface area (Å²) in [5, 5.41) is 8.41. The van der Waals surface area contributed by atoms with Crippen molar-refractivity contribution in [3.8, 4) is 0 Å². The van der Waals surface area contributed by atoms with E-state index in [1.807, 2.05) is 31.2 Å². The number of hydrogen-bond acceptors (Lipinski definition) is 3. The number of aliphatic imine (C=N–C) groups is 1. The highest BCUT2D eigenvalue weighted by Gasteiger charge is 2.07. The van der Waals surface area contributed by atoms with E-state index in [1.54, 1.807) is 11.3 Å². The Labute approximate surface area is 189 Å². The Morgan fingerprint density at radius 2 is 2.04 bits per heavy atom. The number of halogens is 1. The van der Waals surface area contributed by atoms with Crippen LogP contribution in [-0.2, 0) is 17.8 Å². The monoisotopic (exact) mass is 514 g/mol. The Morgan fingerprint density at radius 1 is 1.21 bits per heavy atom. The fraction of sp³-hybridized carbons (Fsp3) is 0.429. The van der Waals surface area contributed by atoms with Crippen LogP contribution in [0.15, 0.2) is 46.8 Å². The van der Waals surface area contributed by atoms with E-state index >= 15 is 0 Å². The second kappa shape index (κ2) is 13.5. The molecular formula is C21H31IN4OS. The van der Waals surface area contributed by atoms with Crippen LogP contribution in [0, 0.1) is 0 Å².